The summed E-state index contributed by atoms with van der Waals surface area (Å²) in [5.41, 5.74) is 0.538. The van der Waals surface area contributed by atoms with Crippen molar-refractivity contribution < 1.29 is 14.3 Å². The highest BCUT2D eigenvalue weighted by molar-refractivity contribution is 6.31. The fourth-order valence-electron chi connectivity index (χ4n) is 1.51. The molecule has 0 unspecified atom stereocenters. The van der Waals surface area contributed by atoms with Crippen LogP contribution in [0.1, 0.15) is 30.1 Å². The van der Waals surface area contributed by atoms with Gasteiger partial charge < -0.3 is 9.47 Å². The summed E-state index contributed by atoms with van der Waals surface area (Å²) in [6.45, 7) is 3.21. The standard InChI is InChI=1S/C13H17ClO3/c1-3-17-8-4-5-12(15)11-9-10(14)6-7-13(11)16-2/h6-7,9H,3-5,8H2,1-2H3. The first-order chi connectivity index (χ1) is 8.19. The van der Waals surface area contributed by atoms with Crippen molar-refractivity contribution in [2.75, 3.05) is 20.3 Å². The lowest BCUT2D eigenvalue weighted by molar-refractivity contribution is 0.0944. The van der Waals surface area contributed by atoms with E-state index >= 15 is 0 Å². The van der Waals surface area contributed by atoms with Gasteiger partial charge in [-0.3, -0.25) is 4.79 Å². The van der Waals surface area contributed by atoms with E-state index in [1.807, 2.05) is 6.92 Å². The van der Waals surface area contributed by atoms with Crippen LogP contribution in [0.2, 0.25) is 5.02 Å². The van der Waals surface area contributed by atoms with Gasteiger partial charge in [-0.25, -0.2) is 0 Å². The number of ether oxygens (including phenoxy) is 2. The SMILES string of the molecule is CCOCCCC(=O)c1cc(Cl)ccc1OC. The molecule has 0 aliphatic rings. The molecular weight excluding hydrogens is 240 g/mol. The van der Waals surface area contributed by atoms with E-state index in [1.165, 1.54) is 0 Å². The second kappa shape index (κ2) is 7.30. The highest BCUT2D eigenvalue weighted by Crippen LogP contribution is 2.24. The lowest BCUT2D eigenvalue weighted by Gasteiger charge is -2.08. The van der Waals surface area contributed by atoms with Crippen LogP contribution < -0.4 is 4.74 Å². The van der Waals surface area contributed by atoms with Crippen LogP contribution >= 0.6 is 11.6 Å². The predicted octanol–water partition coefficient (Wildman–Crippen LogP) is 3.35. The van der Waals surface area contributed by atoms with E-state index in [2.05, 4.69) is 0 Å². The van der Waals surface area contributed by atoms with Gasteiger partial charge in [-0.1, -0.05) is 11.6 Å². The van der Waals surface area contributed by atoms with Crippen molar-refractivity contribution in [3.8, 4) is 5.75 Å². The third-order valence-electron chi connectivity index (χ3n) is 2.36. The smallest absolute Gasteiger partial charge is 0.166 e. The van der Waals surface area contributed by atoms with Crippen LogP contribution in [-0.4, -0.2) is 26.1 Å². The fourth-order valence-corrected chi connectivity index (χ4v) is 1.68. The summed E-state index contributed by atoms with van der Waals surface area (Å²) < 4.78 is 10.3. The summed E-state index contributed by atoms with van der Waals surface area (Å²) in [5.74, 6) is 0.597. The first-order valence-corrected chi connectivity index (χ1v) is 6.01. The van der Waals surface area contributed by atoms with E-state index in [4.69, 9.17) is 21.1 Å². The van der Waals surface area contributed by atoms with Crippen LogP contribution in [0.5, 0.6) is 5.75 Å². The Morgan fingerprint density at radius 3 is 2.82 bits per heavy atom. The summed E-state index contributed by atoms with van der Waals surface area (Å²) in [7, 11) is 1.54. The maximum Gasteiger partial charge on any atom is 0.166 e. The number of ketones is 1. The number of benzene rings is 1. The summed E-state index contributed by atoms with van der Waals surface area (Å²) in [4.78, 5) is 11.9. The molecule has 0 amide bonds. The van der Waals surface area contributed by atoms with Gasteiger partial charge in [0.15, 0.2) is 5.78 Å². The molecule has 94 valence electrons. The topological polar surface area (TPSA) is 35.5 Å². The Hall–Kier alpha value is -1.06. The molecule has 1 aromatic carbocycles. The molecule has 0 atom stereocenters. The molecule has 0 heterocycles. The number of carbonyl (C=O) groups excluding carboxylic acids is 1. The average Bonchev–Trinajstić information content (AvgIpc) is 2.34. The van der Waals surface area contributed by atoms with Gasteiger partial charge in [0.05, 0.1) is 12.7 Å². The number of hydrogen-bond donors (Lipinski definition) is 0. The summed E-state index contributed by atoms with van der Waals surface area (Å²) in [5, 5.41) is 0.541. The normalized spacial score (nSPS) is 10.3. The van der Waals surface area contributed by atoms with Crippen LogP contribution in [0.4, 0.5) is 0 Å². The molecule has 0 saturated carbocycles. The Balaban J connectivity index is 2.64. The number of methoxy groups -OCH3 is 1. The van der Waals surface area contributed by atoms with Gasteiger partial charge in [0.1, 0.15) is 5.75 Å². The molecule has 0 aromatic heterocycles. The zero-order chi connectivity index (χ0) is 12.7. The molecule has 0 aliphatic carbocycles. The van der Waals surface area contributed by atoms with E-state index in [-0.39, 0.29) is 5.78 Å². The molecular formula is C13H17ClO3. The second-order valence-electron chi connectivity index (χ2n) is 3.57. The van der Waals surface area contributed by atoms with Gasteiger partial charge in [-0.05, 0) is 31.5 Å². The molecule has 0 saturated heterocycles. The maximum absolute atomic E-state index is 11.9. The quantitative estimate of drug-likeness (QED) is 0.554. The van der Waals surface area contributed by atoms with Crippen LogP contribution in [0.3, 0.4) is 0 Å². The molecule has 0 bridgehead atoms. The minimum atomic E-state index is 0.0315. The molecule has 1 aromatic rings. The minimum Gasteiger partial charge on any atom is -0.496 e. The first kappa shape index (κ1) is 14.0. The maximum atomic E-state index is 11.9. The lowest BCUT2D eigenvalue weighted by Crippen LogP contribution is -2.04. The number of carbonyl (C=O) groups is 1. The Kier molecular flexibility index (Phi) is 6.01. The lowest BCUT2D eigenvalue weighted by atomic mass is 10.1. The molecule has 17 heavy (non-hydrogen) atoms. The molecule has 4 heteroatoms. The van der Waals surface area contributed by atoms with E-state index in [0.29, 0.717) is 42.4 Å². The van der Waals surface area contributed by atoms with Crippen molar-refractivity contribution in [1.29, 1.82) is 0 Å². The van der Waals surface area contributed by atoms with Gasteiger partial charge in [-0.2, -0.15) is 0 Å². The van der Waals surface area contributed by atoms with Crippen molar-refractivity contribution in [2.45, 2.75) is 19.8 Å². The number of rotatable bonds is 7. The Morgan fingerprint density at radius 2 is 2.18 bits per heavy atom. The Morgan fingerprint density at radius 1 is 1.41 bits per heavy atom. The van der Waals surface area contributed by atoms with Gasteiger partial charge in [0.25, 0.3) is 0 Å². The molecule has 0 aliphatic heterocycles. The Bertz CT molecular complexity index is 377. The predicted molar refractivity (Wildman–Crippen MR) is 68.1 cm³/mol. The van der Waals surface area contributed by atoms with Gasteiger partial charge in [0.2, 0.25) is 0 Å². The van der Waals surface area contributed by atoms with Crippen LogP contribution in [-0.2, 0) is 4.74 Å². The second-order valence-corrected chi connectivity index (χ2v) is 4.00. The van der Waals surface area contributed by atoms with E-state index in [1.54, 1.807) is 25.3 Å². The molecule has 0 radical (unpaired) electrons. The first-order valence-electron chi connectivity index (χ1n) is 5.63. The van der Waals surface area contributed by atoms with Crippen LogP contribution in [0.25, 0.3) is 0 Å². The van der Waals surface area contributed by atoms with Crippen LogP contribution in [0.15, 0.2) is 18.2 Å². The molecule has 0 fully saturated rings. The van der Waals surface area contributed by atoms with E-state index in [0.717, 1.165) is 0 Å². The third kappa shape index (κ3) is 4.36. The third-order valence-corrected chi connectivity index (χ3v) is 2.59. The molecule has 0 spiro atoms. The Labute approximate surface area is 107 Å². The minimum absolute atomic E-state index is 0.0315. The van der Waals surface area contributed by atoms with Crippen molar-refractivity contribution in [2.24, 2.45) is 0 Å². The van der Waals surface area contributed by atoms with E-state index < -0.39 is 0 Å². The highest BCUT2D eigenvalue weighted by atomic mass is 35.5. The van der Waals surface area contributed by atoms with Crippen molar-refractivity contribution in [3.05, 3.63) is 28.8 Å². The van der Waals surface area contributed by atoms with Crippen molar-refractivity contribution in [3.63, 3.8) is 0 Å². The molecule has 3 nitrogen and oxygen atoms in total. The average molecular weight is 257 g/mol. The number of Topliss-reactive ketones (excluding diaryl/α,β-unsaturated/α-hetero) is 1. The van der Waals surface area contributed by atoms with Gasteiger partial charge >= 0.3 is 0 Å². The highest BCUT2D eigenvalue weighted by Gasteiger charge is 2.12. The summed E-state index contributed by atoms with van der Waals surface area (Å²) in [6.07, 6.45) is 1.15. The zero-order valence-electron chi connectivity index (χ0n) is 10.2. The van der Waals surface area contributed by atoms with Gasteiger partial charge in [-0.15, -0.1) is 0 Å². The zero-order valence-corrected chi connectivity index (χ0v) is 10.9. The van der Waals surface area contributed by atoms with Crippen molar-refractivity contribution in [1.82, 2.24) is 0 Å². The molecule has 0 N–H and O–H groups in total. The fraction of sp³-hybridized carbons (Fsp3) is 0.462. The largest absolute Gasteiger partial charge is 0.496 e. The van der Waals surface area contributed by atoms with E-state index in [9.17, 15) is 4.79 Å². The van der Waals surface area contributed by atoms with Gasteiger partial charge in [0, 0.05) is 24.7 Å². The summed E-state index contributed by atoms with van der Waals surface area (Å²) in [6, 6.07) is 5.05. The summed E-state index contributed by atoms with van der Waals surface area (Å²) >= 11 is 5.87. The number of halogens is 1. The molecule has 1 rings (SSSR count). The van der Waals surface area contributed by atoms with Crippen LogP contribution in [0, 0.1) is 0 Å². The van der Waals surface area contributed by atoms with Crippen molar-refractivity contribution >= 4 is 17.4 Å². The monoisotopic (exact) mass is 256 g/mol. The number of hydrogen-bond acceptors (Lipinski definition) is 3.